The number of hydrogen-bond acceptors (Lipinski definition) is 5. The van der Waals surface area contributed by atoms with E-state index in [1.165, 1.54) is 11.7 Å². The van der Waals surface area contributed by atoms with Gasteiger partial charge in [-0.25, -0.2) is 14.9 Å². The molecule has 2 heterocycles. The topological polar surface area (TPSA) is 68.7 Å². The van der Waals surface area contributed by atoms with E-state index in [9.17, 15) is 9.18 Å². The number of pyridine rings is 1. The molecule has 2 rings (SSSR count). The maximum absolute atomic E-state index is 13.8. The molecule has 1 aromatic rings. The molecule has 0 atom stereocenters. The Morgan fingerprint density at radius 3 is 2.67 bits per heavy atom. The molecule has 1 amide bonds. The minimum absolute atomic E-state index is 0.00659. The lowest BCUT2D eigenvalue weighted by atomic mass is 10.2. The van der Waals surface area contributed by atoms with Gasteiger partial charge in [0.25, 0.3) is 5.91 Å². The van der Waals surface area contributed by atoms with E-state index >= 15 is 0 Å². The fourth-order valence-corrected chi connectivity index (χ4v) is 1.87. The highest BCUT2D eigenvalue weighted by Crippen LogP contribution is 2.18. The number of anilines is 1. The number of hydroxylamine groups is 1. The molecule has 0 saturated carbocycles. The predicted octanol–water partition coefficient (Wildman–Crippen LogP) is 0.0915. The number of piperazine rings is 1. The van der Waals surface area contributed by atoms with E-state index in [0.29, 0.717) is 13.1 Å². The molecule has 1 fully saturated rings. The van der Waals surface area contributed by atoms with Crippen molar-refractivity contribution in [1.82, 2.24) is 15.4 Å². The summed E-state index contributed by atoms with van der Waals surface area (Å²) in [5.74, 6) is -1.08. The van der Waals surface area contributed by atoms with Crippen molar-refractivity contribution in [2.45, 2.75) is 0 Å². The molecule has 0 bridgehead atoms. The monoisotopic (exact) mass is 254 g/mol. The molecular formula is C11H15FN4O2. The third kappa shape index (κ3) is 2.57. The van der Waals surface area contributed by atoms with Crippen LogP contribution in [0.3, 0.4) is 0 Å². The smallest absolute Gasteiger partial charge is 0.276 e. The van der Waals surface area contributed by atoms with Gasteiger partial charge in [0.15, 0.2) is 11.6 Å². The molecule has 6 nitrogen and oxygen atoms in total. The van der Waals surface area contributed by atoms with Crippen molar-refractivity contribution >= 4 is 11.7 Å². The lowest BCUT2D eigenvalue weighted by molar-refractivity contribution is 0.0705. The molecule has 0 spiro atoms. The zero-order valence-electron chi connectivity index (χ0n) is 10.1. The normalized spacial score (nSPS) is 16.7. The average molecular weight is 254 g/mol. The number of halogens is 1. The number of aromatic nitrogens is 1. The largest absolute Gasteiger partial charge is 0.352 e. The van der Waals surface area contributed by atoms with Crippen LogP contribution in [0.25, 0.3) is 0 Å². The van der Waals surface area contributed by atoms with Crippen LogP contribution in [0.15, 0.2) is 12.3 Å². The standard InChI is InChI=1S/C11H15FN4O2/c1-15-2-4-16(5-3-15)10-9(12)6-8(7-13-10)11(17)14-18/h6-7,18H,2-5H2,1H3,(H,14,17). The Morgan fingerprint density at radius 1 is 1.44 bits per heavy atom. The van der Waals surface area contributed by atoms with Gasteiger partial charge >= 0.3 is 0 Å². The molecule has 0 aromatic carbocycles. The highest BCUT2D eigenvalue weighted by atomic mass is 19.1. The number of hydrogen-bond donors (Lipinski definition) is 2. The molecule has 2 N–H and O–H groups in total. The predicted molar refractivity (Wildman–Crippen MR) is 63.2 cm³/mol. The minimum atomic E-state index is -0.772. The van der Waals surface area contributed by atoms with E-state index in [4.69, 9.17) is 5.21 Å². The summed E-state index contributed by atoms with van der Waals surface area (Å²) in [5, 5.41) is 8.46. The minimum Gasteiger partial charge on any atom is -0.352 e. The Labute approximate surface area is 104 Å². The van der Waals surface area contributed by atoms with Gasteiger partial charge in [0.1, 0.15) is 0 Å². The lowest BCUT2D eigenvalue weighted by Crippen LogP contribution is -2.45. The number of carbonyl (C=O) groups excluding carboxylic acids is 1. The number of nitrogens with zero attached hydrogens (tertiary/aromatic N) is 3. The quantitative estimate of drug-likeness (QED) is 0.578. The summed E-state index contributed by atoms with van der Waals surface area (Å²) in [6.45, 7) is 3.10. The maximum atomic E-state index is 13.8. The molecule has 1 aromatic heterocycles. The van der Waals surface area contributed by atoms with Crippen molar-refractivity contribution in [3.8, 4) is 0 Å². The molecule has 0 radical (unpaired) electrons. The van der Waals surface area contributed by atoms with E-state index < -0.39 is 11.7 Å². The van der Waals surface area contributed by atoms with Crippen molar-refractivity contribution < 1.29 is 14.4 Å². The molecule has 7 heteroatoms. The number of nitrogens with one attached hydrogen (secondary N) is 1. The molecule has 1 aliphatic heterocycles. The summed E-state index contributed by atoms with van der Waals surface area (Å²) in [4.78, 5) is 19.1. The molecule has 1 aliphatic rings. The first-order valence-electron chi connectivity index (χ1n) is 5.65. The fourth-order valence-electron chi connectivity index (χ4n) is 1.87. The van der Waals surface area contributed by atoms with Crippen LogP contribution in [-0.4, -0.2) is 54.2 Å². The summed E-state index contributed by atoms with van der Waals surface area (Å²) >= 11 is 0. The van der Waals surface area contributed by atoms with Gasteiger partial charge in [0, 0.05) is 32.4 Å². The van der Waals surface area contributed by atoms with Gasteiger partial charge < -0.3 is 9.80 Å². The van der Waals surface area contributed by atoms with E-state index in [0.717, 1.165) is 19.2 Å². The third-order valence-corrected chi connectivity index (χ3v) is 2.99. The van der Waals surface area contributed by atoms with Crippen molar-refractivity contribution in [2.75, 3.05) is 38.1 Å². The van der Waals surface area contributed by atoms with Crippen LogP contribution in [0.4, 0.5) is 10.2 Å². The first-order chi connectivity index (χ1) is 8.61. The number of carbonyl (C=O) groups is 1. The summed E-state index contributed by atoms with van der Waals surface area (Å²) in [7, 11) is 2.01. The molecule has 98 valence electrons. The van der Waals surface area contributed by atoms with Gasteiger partial charge in [-0.1, -0.05) is 0 Å². The Hall–Kier alpha value is -1.73. The lowest BCUT2D eigenvalue weighted by Gasteiger charge is -2.33. The first kappa shape index (κ1) is 12.7. The van der Waals surface area contributed by atoms with Crippen LogP contribution in [0.5, 0.6) is 0 Å². The van der Waals surface area contributed by atoms with Crippen LogP contribution in [0.1, 0.15) is 10.4 Å². The molecule has 18 heavy (non-hydrogen) atoms. The van der Waals surface area contributed by atoms with Crippen molar-refractivity contribution in [3.05, 3.63) is 23.6 Å². The van der Waals surface area contributed by atoms with Crippen LogP contribution in [-0.2, 0) is 0 Å². The van der Waals surface area contributed by atoms with E-state index in [1.54, 1.807) is 0 Å². The number of likely N-dealkylation sites (N-methyl/N-ethyl adjacent to an activating group) is 1. The summed E-state index contributed by atoms with van der Waals surface area (Å²) in [6, 6.07) is 1.08. The van der Waals surface area contributed by atoms with E-state index in [2.05, 4.69) is 9.88 Å². The Morgan fingerprint density at radius 2 is 2.11 bits per heavy atom. The number of rotatable bonds is 2. The van der Waals surface area contributed by atoms with Gasteiger partial charge in [0.05, 0.1) is 5.56 Å². The fraction of sp³-hybridized carbons (Fsp3) is 0.455. The average Bonchev–Trinajstić information content (AvgIpc) is 2.39. The van der Waals surface area contributed by atoms with Crippen LogP contribution >= 0.6 is 0 Å². The molecular weight excluding hydrogens is 239 g/mol. The molecule has 1 saturated heterocycles. The highest BCUT2D eigenvalue weighted by Gasteiger charge is 2.19. The van der Waals surface area contributed by atoms with Crippen molar-refractivity contribution in [3.63, 3.8) is 0 Å². The van der Waals surface area contributed by atoms with Crippen LogP contribution in [0, 0.1) is 5.82 Å². The van der Waals surface area contributed by atoms with Crippen LogP contribution < -0.4 is 10.4 Å². The van der Waals surface area contributed by atoms with Gasteiger partial charge in [-0.05, 0) is 13.1 Å². The summed E-state index contributed by atoms with van der Waals surface area (Å²) in [6.07, 6.45) is 1.25. The van der Waals surface area contributed by atoms with E-state index in [1.807, 2.05) is 11.9 Å². The second-order valence-corrected chi connectivity index (χ2v) is 4.26. The Bertz CT molecular complexity index is 447. The highest BCUT2D eigenvalue weighted by molar-refractivity contribution is 5.93. The Balaban J connectivity index is 2.17. The summed E-state index contributed by atoms with van der Waals surface area (Å²) in [5.41, 5.74) is 1.44. The number of amides is 1. The van der Waals surface area contributed by atoms with Gasteiger partial charge in [-0.15, -0.1) is 0 Å². The third-order valence-electron chi connectivity index (χ3n) is 2.99. The Kier molecular flexibility index (Phi) is 3.73. The summed E-state index contributed by atoms with van der Waals surface area (Å²) < 4.78 is 13.8. The molecule has 0 unspecified atom stereocenters. The van der Waals surface area contributed by atoms with E-state index in [-0.39, 0.29) is 11.4 Å². The van der Waals surface area contributed by atoms with Crippen LogP contribution in [0.2, 0.25) is 0 Å². The second kappa shape index (κ2) is 5.28. The zero-order chi connectivity index (χ0) is 13.1. The SMILES string of the molecule is CN1CCN(c2ncc(C(=O)NO)cc2F)CC1. The van der Waals surface area contributed by atoms with Crippen molar-refractivity contribution in [2.24, 2.45) is 0 Å². The zero-order valence-corrected chi connectivity index (χ0v) is 10.1. The second-order valence-electron chi connectivity index (χ2n) is 4.26. The van der Waals surface area contributed by atoms with Gasteiger partial charge in [0.2, 0.25) is 0 Å². The molecule has 0 aliphatic carbocycles. The van der Waals surface area contributed by atoms with Crippen molar-refractivity contribution in [1.29, 1.82) is 0 Å². The van der Waals surface area contributed by atoms with Gasteiger partial charge in [-0.3, -0.25) is 10.0 Å². The maximum Gasteiger partial charge on any atom is 0.276 e. The van der Waals surface area contributed by atoms with Gasteiger partial charge in [-0.2, -0.15) is 0 Å². The first-order valence-corrected chi connectivity index (χ1v) is 5.65.